The lowest BCUT2D eigenvalue weighted by Gasteiger charge is -2.43. The molecule has 5 heteroatoms. The average Bonchev–Trinajstić information content (AvgIpc) is 2.61. The molecule has 24 heavy (non-hydrogen) atoms. The molecule has 124 valence electrons. The fourth-order valence-electron chi connectivity index (χ4n) is 3.80. The molecule has 1 saturated heterocycles. The highest BCUT2D eigenvalue weighted by Crippen LogP contribution is 2.48. The Hall–Kier alpha value is -2.40. The molecule has 0 saturated carbocycles. The van der Waals surface area contributed by atoms with Gasteiger partial charge < -0.3 is 15.2 Å². The van der Waals surface area contributed by atoms with E-state index in [4.69, 9.17) is 9.84 Å². The standard InChI is InChI=1S/C19H20N2O3/c1-11-4-6-15-14(9-11)18-13(3-2-8-24-18)17(21-15)16-7-5-12(10-20-16)19(22)23/h4-7,9-10,13,17-18,21H,2-3,8H2,1H3,(H,22,23)/t13-,17+,18-/m1/s1. The summed E-state index contributed by atoms with van der Waals surface area (Å²) in [5.74, 6) is -0.651. The number of aromatic carboxylic acids is 1. The summed E-state index contributed by atoms with van der Waals surface area (Å²) in [6.45, 7) is 2.88. The highest BCUT2D eigenvalue weighted by atomic mass is 16.5. The second-order valence-electron chi connectivity index (χ2n) is 6.59. The summed E-state index contributed by atoms with van der Waals surface area (Å²) in [6.07, 6.45) is 3.61. The number of anilines is 1. The predicted octanol–water partition coefficient (Wildman–Crippen LogP) is 3.72. The van der Waals surface area contributed by atoms with E-state index < -0.39 is 5.97 Å². The summed E-state index contributed by atoms with van der Waals surface area (Å²) >= 11 is 0. The van der Waals surface area contributed by atoms with Gasteiger partial charge in [0.2, 0.25) is 0 Å². The number of ether oxygens (including phenoxy) is 1. The third-order valence-corrected chi connectivity index (χ3v) is 4.97. The first-order valence-electron chi connectivity index (χ1n) is 8.31. The molecule has 2 aliphatic rings. The van der Waals surface area contributed by atoms with Gasteiger partial charge in [-0.1, -0.05) is 17.7 Å². The van der Waals surface area contributed by atoms with E-state index in [1.165, 1.54) is 17.3 Å². The van der Waals surface area contributed by atoms with Crippen molar-refractivity contribution in [3.8, 4) is 0 Å². The van der Waals surface area contributed by atoms with Crippen molar-refractivity contribution in [2.75, 3.05) is 11.9 Å². The number of carbonyl (C=O) groups is 1. The van der Waals surface area contributed by atoms with E-state index in [0.29, 0.717) is 5.92 Å². The number of carboxylic acid groups (broad SMARTS) is 1. The van der Waals surface area contributed by atoms with Crippen LogP contribution < -0.4 is 5.32 Å². The molecule has 2 N–H and O–H groups in total. The van der Waals surface area contributed by atoms with Gasteiger partial charge in [-0.3, -0.25) is 4.98 Å². The molecule has 3 atom stereocenters. The fourth-order valence-corrected chi connectivity index (χ4v) is 3.80. The van der Waals surface area contributed by atoms with E-state index in [2.05, 4.69) is 35.4 Å². The molecule has 0 amide bonds. The third kappa shape index (κ3) is 2.55. The van der Waals surface area contributed by atoms with Gasteiger partial charge in [0.25, 0.3) is 0 Å². The number of nitrogens with one attached hydrogen (secondary N) is 1. The van der Waals surface area contributed by atoms with E-state index >= 15 is 0 Å². The molecular formula is C19H20N2O3. The molecule has 1 aromatic carbocycles. The minimum atomic E-state index is -0.953. The van der Waals surface area contributed by atoms with Crippen molar-refractivity contribution in [2.24, 2.45) is 5.92 Å². The monoisotopic (exact) mass is 324 g/mol. The lowest BCUT2D eigenvalue weighted by molar-refractivity contribution is -0.0385. The third-order valence-electron chi connectivity index (χ3n) is 4.97. The molecule has 4 rings (SSSR count). The van der Waals surface area contributed by atoms with E-state index in [-0.39, 0.29) is 17.7 Å². The van der Waals surface area contributed by atoms with Gasteiger partial charge in [-0.05, 0) is 38.0 Å². The lowest BCUT2D eigenvalue weighted by Crippen LogP contribution is -2.36. The van der Waals surface area contributed by atoms with Gasteiger partial charge in [0.1, 0.15) is 0 Å². The number of aromatic nitrogens is 1. The van der Waals surface area contributed by atoms with Gasteiger partial charge in [-0.25, -0.2) is 4.79 Å². The maximum absolute atomic E-state index is 11.0. The maximum Gasteiger partial charge on any atom is 0.337 e. The van der Waals surface area contributed by atoms with E-state index in [0.717, 1.165) is 30.8 Å². The molecule has 2 aliphatic heterocycles. The maximum atomic E-state index is 11.0. The van der Waals surface area contributed by atoms with Gasteiger partial charge in [-0.2, -0.15) is 0 Å². The highest BCUT2D eigenvalue weighted by Gasteiger charge is 2.40. The van der Waals surface area contributed by atoms with Crippen LogP contribution in [0.5, 0.6) is 0 Å². The van der Waals surface area contributed by atoms with Gasteiger partial charge in [0.15, 0.2) is 0 Å². The quantitative estimate of drug-likeness (QED) is 0.881. The molecule has 5 nitrogen and oxygen atoms in total. The second kappa shape index (κ2) is 5.91. The molecule has 0 spiro atoms. The number of carboxylic acids is 1. The SMILES string of the molecule is Cc1ccc2c(c1)[C@@H]1OCCC[C@@H]1[C@@H](c1ccc(C(=O)O)cn1)N2. The summed E-state index contributed by atoms with van der Waals surface area (Å²) in [5, 5.41) is 12.7. The van der Waals surface area contributed by atoms with Gasteiger partial charge >= 0.3 is 5.97 Å². The zero-order valence-electron chi connectivity index (χ0n) is 13.5. The second-order valence-corrected chi connectivity index (χ2v) is 6.59. The minimum Gasteiger partial charge on any atom is -0.478 e. The van der Waals surface area contributed by atoms with Crippen LogP contribution in [0.15, 0.2) is 36.5 Å². The summed E-state index contributed by atoms with van der Waals surface area (Å²) in [6, 6.07) is 9.85. The van der Waals surface area contributed by atoms with Crippen LogP contribution in [-0.4, -0.2) is 22.7 Å². The van der Waals surface area contributed by atoms with Gasteiger partial charge in [-0.15, -0.1) is 0 Å². The fraction of sp³-hybridized carbons (Fsp3) is 0.368. The van der Waals surface area contributed by atoms with Crippen molar-refractivity contribution in [3.05, 3.63) is 58.9 Å². The van der Waals surface area contributed by atoms with Crippen LogP contribution in [0.1, 0.15) is 52.2 Å². The number of rotatable bonds is 2. The predicted molar refractivity (Wildman–Crippen MR) is 90.2 cm³/mol. The normalized spacial score (nSPS) is 25.3. The molecule has 0 aliphatic carbocycles. The Morgan fingerprint density at radius 2 is 2.21 bits per heavy atom. The molecule has 3 heterocycles. The summed E-state index contributed by atoms with van der Waals surface area (Å²) in [4.78, 5) is 15.4. The Balaban J connectivity index is 1.73. The van der Waals surface area contributed by atoms with E-state index in [1.54, 1.807) is 6.07 Å². The summed E-state index contributed by atoms with van der Waals surface area (Å²) in [5.41, 5.74) is 4.61. The smallest absolute Gasteiger partial charge is 0.337 e. The van der Waals surface area contributed by atoms with Crippen LogP contribution in [-0.2, 0) is 4.74 Å². The molecule has 1 fully saturated rings. The number of hydrogen-bond acceptors (Lipinski definition) is 4. The first-order chi connectivity index (χ1) is 11.6. The van der Waals surface area contributed by atoms with E-state index in [9.17, 15) is 4.79 Å². The Labute approximate surface area is 140 Å². The highest BCUT2D eigenvalue weighted by molar-refractivity contribution is 5.87. The number of benzene rings is 1. The summed E-state index contributed by atoms with van der Waals surface area (Å²) < 4.78 is 6.12. The first kappa shape index (κ1) is 15.1. The zero-order valence-corrected chi connectivity index (χ0v) is 13.5. The van der Waals surface area contributed by atoms with Crippen LogP contribution >= 0.6 is 0 Å². The van der Waals surface area contributed by atoms with Crippen LogP contribution in [0.4, 0.5) is 5.69 Å². The van der Waals surface area contributed by atoms with Gasteiger partial charge in [0, 0.05) is 30.0 Å². The number of pyridine rings is 1. The number of nitrogens with zero attached hydrogens (tertiary/aromatic N) is 1. The first-order valence-corrected chi connectivity index (χ1v) is 8.31. The largest absolute Gasteiger partial charge is 0.478 e. The average molecular weight is 324 g/mol. The van der Waals surface area contributed by atoms with Crippen LogP contribution in [0.25, 0.3) is 0 Å². The Kier molecular flexibility index (Phi) is 3.73. The molecule has 1 aromatic heterocycles. The van der Waals surface area contributed by atoms with Crippen LogP contribution in [0.3, 0.4) is 0 Å². The van der Waals surface area contributed by atoms with Crippen molar-refractivity contribution in [2.45, 2.75) is 31.9 Å². The lowest BCUT2D eigenvalue weighted by atomic mass is 9.78. The Morgan fingerprint density at radius 1 is 1.33 bits per heavy atom. The number of hydrogen-bond donors (Lipinski definition) is 2. The van der Waals surface area contributed by atoms with Crippen LogP contribution in [0.2, 0.25) is 0 Å². The molecular weight excluding hydrogens is 304 g/mol. The van der Waals surface area contributed by atoms with E-state index in [1.807, 2.05) is 6.07 Å². The van der Waals surface area contributed by atoms with Crippen LogP contribution in [0, 0.1) is 12.8 Å². The molecule has 0 radical (unpaired) electrons. The minimum absolute atomic E-state index is 0.0355. The van der Waals surface area contributed by atoms with Crippen molar-refractivity contribution < 1.29 is 14.6 Å². The van der Waals surface area contributed by atoms with Crippen molar-refractivity contribution in [1.82, 2.24) is 4.98 Å². The Bertz CT molecular complexity index is 773. The van der Waals surface area contributed by atoms with Gasteiger partial charge in [0.05, 0.1) is 23.4 Å². The topological polar surface area (TPSA) is 71.5 Å². The van der Waals surface area contributed by atoms with Crippen molar-refractivity contribution >= 4 is 11.7 Å². The van der Waals surface area contributed by atoms with Crippen molar-refractivity contribution in [1.29, 1.82) is 0 Å². The summed E-state index contributed by atoms with van der Waals surface area (Å²) in [7, 11) is 0. The molecule has 0 bridgehead atoms. The molecule has 0 unspecified atom stereocenters. The number of aryl methyl sites for hydroxylation is 1. The van der Waals surface area contributed by atoms with Crippen molar-refractivity contribution in [3.63, 3.8) is 0 Å². The molecule has 2 aromatic rings. The zero-order chi connectivity index (χ0) is 16.7. The Morgan fingerprint density at radius 3 is 2.96 bits per heavy atom. The number of fused-ring (bicyclic) bond motifs is 3.